The highest BCUT2D eigenvalue weighted by molar-refractivity contribution is 5.95. The molecule has 9 heteroatoms. The number of hydrogen-bond acceptors (Lipinski definition) is 5. The van der Waals surface area contributed by atoms with Crippen LogP contribution in [0.4, 0.5) is 4.39 Å². The number of likely N-dealkylation sites (tertiary alicyclic amines) is 1. The standard InChI is InChI=1S/C32H33FN6O2/c1-18-24(6-3-7-28(18)40)26-11-10-21-14-27(38(31(21)35-26)15-20-8-9-20)29-19(2)30-25(33)13-22(16-39(30)36-29)32(41)37-12-4-5-23(34)17-37/h3,6-7,10-11,13-14,16,20,23,40H,4-5,8-9,12,15,17,34H2,1-2H3/t23-/m1/s1. The molecule has 2 fully saturated rings. The van der Waals surface area contributed by atoms with E-state index in [2.05, 4.69) is 10.6 Å². The van der Waals surface area contributed by atoms with Crippen molar-refractivity contribution in [2.45, 2.75) is 52.1 Å². The number of nitrogens with zero attached hydrogens (tertiary/aromatic N) is 5. The van der Waals surface area contributed by atoms with Crippen LogP contribution < -0.4 is 5.73 Å². The van der Waals surface area contributed by atoms with Crippen molar-refractivity contribution in [1.82, 2.24) is 24.1 Å². The maximum absolute atomic E-state index is 15.6. The molecule has 1 saturated heterocycles. The van der Waals surface area contributed by atoms with Gasteiger partial charge in [-0.25, -0.2) is 13.9 Å². The summed E-state index contributed by atoms with van der Waals surface area (Å²) in [5.74, 6) is 0.101. The Morgan fingerprint density at radius 1 is 1.12 bits per heavy atom. The molecule has 5 heterocycles. The van der Waals surface area contributed by atoms with Crippen molar-refractivity contribution < 1.29 is 14.3 Å². The zero-order valence-corrected chi connectivity index (χ0v) is 23.3. The number of fused-ring (bicyclic) bond motifs is 2. The third kappa shape index (κ3) is 4.44. The highest BCUT2D eigenvalue weighted by Gasteiger charge is 2.28. The zero-order chi connectivity index (χ0) is 28.4. The number of halogens is 1. The molecule has 1 saturated carbocycles. The third-order valence-corrected chi connectivity index (χ3v) is 8.61. The highest BCUT2D eigenvalue weighted by atomic mass is 19.1. The summed E-state index contributed by atoms with van der Waals surface area (Å²) < 4.78 is 19.3. The highest BCUT2D eigenvalue weighted by Crippen LogP contribution is 2.38. The van der Waals surface area contributed by atoms with E-state index in [0.717, 1.165) is 65.8 Å². The Morgan fingerprint density at radius 3 is 2.73 bits per heavy atom. The molecule has 8 nitrogen and oxygen atoms in total. The van der Waals surface area contributed by atoms with Crippen LogP contribution in [0.15, 0.2) is 48.7 Å². The van der Waals surface area contributed by atoms with E-state index in [1.807, 2.05) is 38.1 Å². The van der Waals surface area contributed by atoms with Crippen LogP contribution >= 0.6 is 0 Å². The number of carbonyl (C=O) groups is 1. The number of aryl methyl sites for hydroxylation is 1. The number of amides is 1. The van der Waals surface area contributed by atoms with Crippen LogP contribution in [0.5, 0.6) is 5.75 Å². The van der Waals surface area contributed by atoms with Crippen LogP contribution in [0, 0.1) is 25.6 Å². The van der Waals surface area contributed by atoms with Gasteiger partial charge >= 0.3 is 0 Å². The monoisotopic (exact) mass is 552 g/mol. The van der Waals surface area contributed by atoms with Gasteiger partial charge in [0, 0.05) is 53.9 Å². The summed E-state index contributed by atoms with van der Waals surface area (Å²) in [5, 5.41) is 16.1. The van der Waals surface area contributed by atoms with E-state index in [-0.39, 0.29) is 23.3 Å². The maximum atomic E-state index is 15.6. The summed E-state index contributed by atoms with van der Waals surface area (Å²) in [7, 11) is 0. The predicted molar refractivity (Wildman–Crippen MR) is 156 cm³/mol. The predicted octanol–water partition coefficient (Wildman–Crippen LogP) is 5.45. The van der Waals surface area contributed by atoms with Crippen molar-refractivity contribution in [2.24, 2.45) is 11.7 Å². The van der Waals surface area contributed by atoms with E-state index in [1.165, 1.54) is 10.6 Å². The number of phenols is 1. The maximum Gasteiger partial charge on any atom is 0.255 e. The van der Waals surface area contributed by atoms with Gasteiger partial charge in [0.15, 0.2) is 0 Å². The molecule has 1 atom stereocenters. The molecule has 0 bridgehead atoms. The number of aromatic nitrogens is 4. The molecule has 3 N–H and O–H groups in total. The average Bonchev–Trinajstić information content (AvgIpc) is 3.63. The van der Waals surface area contributed by atoms with Crippen LogP contribution in [0.25, 0.3) is 39.2 Å². The Hall–Kier alpha value is -4.24. The lowest BCUT2D eigenvalue weighted by atomic mass is 10.0. The lowest BCUT2D eigenvalue weighted by molar-refractivity contribution is 0.0707. The van der Waals surface area contributed by atoms with Gasteiger partial charge in [-0.15, -0.1) is 0 Å². The van der Waals surface area contributed by atoms with E-state index < -0.39 is 5.82 Å². The first-order valence-electron chi connectivity index (χ1n) is 14.3. The molecule has 1 aliphatic carbocycles. The molecule has 0 radical (unpaired) electrons. The SMILES string of the molecule is Cc1c(O)cccc1-c1ccc2cc(-c3nn4cc(C(=O)N5CCC[C@@H](N)C5)cc(F)c4c3C)n(CC3CC3)c2n1. The Bertz CT molecular complexity index is 1840. The van der Waals surface area contributed by atoms with Crippen LogP contribution in [0.1, 0.15) is 47.2 Å². The van der Waals surface area contributed by atoms with E-state index in [9.17, 15) is 9.90 Å². The first-order chi connectivity index (χ1) is 19.8. The topological polar surface area (TPSA) is 102 Å². The summed E-state index contributed by atoms with van der Waals surface area (Å²) in [5.41, 5.74) is 12.3. The number of carbonyl (C=O) groups excluding carboxylic acids is 1. The molecule has 210 valence electrons. The first-order valence-corrected chi connectivity index (χ1v) is 14.3. The Labute approximate surface area is 237 Å². The van der Waals surface area contributed by atoms with Gasteiger partial charge in [-0.2, -0.15) is 5.10 Å². The fourth-order valence-electron chi connectivity index (χ4n) is 6.13. The molecule has 7 rings (SSSR count). The number of piperidine rings is 1. The molecule has 41 heavy (non-hydrogen) atoms. The molecule has 1 amide bonds. The number of benzene rings is 1. The zero-order valence-electron chi connectivity index (χ0n) is 23.3. The fourth-order valence-corrected chi connectivity index (χ4v) is 6.13. The molecule has 0 spiro atoms. The summed E-state index contributed by atoms with van der Waals surface area (Å²) >= 11 is 0. The Morgan fingerprint density at radius 2 is 1.95 bits per heavy atom. The van der Waals surface area contributed by atoms with Crippen molar-refractivity contribution in [1.29, 1.82) is 0 Å². The van der Waals surface area contributed by atoms with Crippen LogP contribution in [0.2, 0.25) is 0 Å². The smallest absolute Gasteiger partial charge is 0.255 e. The largest absolute Gasteiger partial charge is 0.508 e. The summed E-state index contributed by atoms with van der Waals surface area (Å²) in [4.78, 5) is 20.0. The molecule has 1 aliphatic heterocycles. The molecular formula is C32H33FN6O2. The van der Waals surface area contributed by atoms with Gasteiger partial charge in [0.05, 0.1) is 17.0 Å². The number of phenolic OH excluding ortho intramolecular Hbond substituents is 1. The first kappa shape index (κ1) is 25.7. The van der Waals surface area contributed by atoms with Crippen molar-refractivity contribution in [2.75, 3.05) is 13.1 Å². The average molecular weight is 553 g/mol. The Balaban J connectivity index is 1.34. The van der Waals surface area contributed by atoms with Gasteiger partial charge in [-0.05, 0) is 75.8 Å². The lowest BCUT2D eigenvalue weighted by Crippen LogP contribution is -2.45. The summed E-state index contributed by atoms with van der Waals surface area (Å²) in [6.07, 6.45) is 5.68. The minimum atomic E-state index is -0.474. The Kier molecular flexibility index (Phi) is 6.08. The van der Waals surface area contributed by atoms with E-state index in [1.54, 1.807) is 17.2 Å². The second kappa shape index (κ2) is 9.69. The molecule has 2 aliphatic rings. The van der Waals surface area contributed by atoms with E-state index in [4.69, 9.17) is 15.8 Å². The van der Waals surface area contributed by atoms with Crippen molar-refractivity contribution >= 4 is 22.5 Å². The number of aromatic hydroxyl groups is 1. The van der Waals surface area contributed by atoms with Crippen LogP contribution in [-0.2, 0) is 6.54 Å². The second-order valence-electron chi connectivity index (χ2n) is 11.6. The summed E-state index contributed by atoms with van der Waals surface area (Å²) in [6.45, 7) is 5.65. The number of nitrogens with two attached hydrogens (primary N) is 1. The van der Waals surface area contributed by atoms with Crippen molar-refractivity contribution in [3.63, 3.8) is 0 Å². The fraction of sp³-hybridized carbons (Fsp3) is 0.344. The third-order valence-electron chi connectivity index (χ3n) is 8.61. The van der Waals surface area contributed by atoms with Gasteiger partial charge in [-0.3, -0.25) is 4.79 Å². The molecule has 1 aromatic carbocycles. The molecule has 4 aromatic heterocycles. The van der Waals surface area contributed by atoms with E-state index in [0.29, 0.717) is 35.8 Å². The van der Waals surface area contributed by atoms with E-state index >= 15 is 4.39 Å². The van der Waals surface area contributed by atoms with Gasteiger partial charge in [0.2, 0.25) is 0 Å². The lowest BCUT2D eigenvalue weighted by Gasteiger charge is -2.30. The second-order valence-corrected chi connectivity index (χ2v) is 11.6. The van der Waals surface area contributed by atoms with Crippen LogP contribution in [0.3, 0.4) is 0 Å². The number of pyridine rings is 2. The van der Waals surface area contributed by atoms with Crippen molar-refractivity contribution in [3.05, 3.63) is 71.2 Å². The van der Waals surface area contributed by atoms with Gasteiger partial charge < -0.3 is 20.3 Å². The minimum Gasteiger partial charge on any atom is -0.508 e. The van der Waals surface area contributed by atoms with Gasteiger partial charge in [-0.1, -0.05) is 12.1 Å². The molecule has 0 unspecified atom stereocenters. The van der Waals surface area contributed by atoms with Gasteiger partial charge in [0.1, 0.15) is 28.4 Å². The molecule has 5 aromatic rings. The van der Waals surface area contributed by atoms with Crippen LogP contribution in [-0.4, -0.2) is 54.2 Å². The van der Waals surface area contributed by atoms with Crippen molar-refractivity contribution in [3.8, 4) is 28.4 Å². The quantitative estimate of drug-likeness (QED) is 0.302. The summed E-state index contributed by atoms with van der Waals surface area (Å²) in [6, 6.07) is 12.8. The minimum absolute atomic E-state index is 0.0566. The number of hydrogen-bond donors (Lipinski definition) is 2. The molecular weight excluding hydrogens is 519 g/mol. The number of rotatable bonds is 5. The van der Waals surface area contributed by atoms with Gasteiger partial charge in [0.25, 0.3) is 5.91 Å². The normalized spacial score (nSPS) is 17.6.